The molecule has 3 rings (SSSR count). The van der Waals surface area contributed by atoms with Gasteiger partial charge in [-0.15, -0.1) is 0 Å². The molecule has 0 saturated carbocycles. The summed E-state index contributed by atoms with van der Waals surface area (Å²) in [4.78, 5) is 25.9. The summed E-state index contributed by atoms with van der Waals surface area (Å²) in [6, 6.07) is 5.10. The number of nitrogens with zero attached hydrogens (tertiary/aromatic N) is 1. The lowest BCUT2D eigenvalue weighted by Crippen LogP contribution is -2.67. The van der Waals surface area contributed by atoms with Crippen molar-refractivity contribution in [2.75, 3.05) is 6.61 Å². The number of nitrogens with one attached hydrogen (secondary N) is 1. The Hall–Kier alpha value is -2.00. The lowest BCUT2D eigenvalue weighted by molar-refractivity contribution is -0.0394. The molecule has 4 N–H and O–H groups in total. The first-order valence-electron chi connectivity index (χ1n) is 7.69. The predicted molar refractivity (Wildman–Crippen MR) is 87.2 cm³/mol. The number of nitrogens with two attached hydrogens (primary N) is 1. The van der Waals surface area contributed by atoms with Crippen LogP contribution >= 0.6 is 11.6 Å². The molecule has 0 aromatic heterocycles. The summed E-state index contributed by atoms with van der Waals surface area (Å²) < 4.78 is 20.1. The number of hydrogen-bond acceptors (Lipinski definition) is 5. The second-order valence-electron chi connectivity index (χ2n) is 5.93. The highest BCUT2D eigenvalue weighted by Gasteiger charge is 2.47. The van der Waals surface area contributed by atoms with Gasteiger partial charge in [0.15, 0.2) is 5.83 Å². The average Bonchev–Trinajstić information content (AvgIpc) is 3.06. The predicted octanol–water partition coefficient (Wildman–Crippen LogP) is 1.51. The zero-order valence-corrected chi connectivity index (χ0v) is 13.9. The highest BCUT2D eigenvalue weighted by molar-refractivity contribution is 6.31. The Morgan fingerprint density at radius 3 is 2.92 bits per heavy atom. The number of benzene rings is 1. The fourth-order valence-electron chi connectivity index (χ4n) is 2.84. The summed E-state index contributed by atoms with van der Waals surface area (Å²) >= 11 is 5.84. The number of aliphatic hydroxyl groups is 1. The van der Waals surface area contributed by atoms with Crippen LogP contribution in [-0.4, -0.2) is 46.4 Å². The van der Waals surface area contributed by atoms with Crippen LogP contribution in [0, 0.1) is 0 Å². The van der Waals surface area contributed by atoms with Crippen LogP contribution in [0.1, 0.15) is 23.2 Å². The smallest absolute Gasteiger partial charge is 0.325 e. The summed E-state index contributed by atoms with van der Waals surface area (Å²) in [6.07, 6.45) is 0.699. The fourth-order valence-corrected chi connectivity index (χ4v) is 3.03. The zero-order chi connectivity index (χ0) is 18.2. The Morgan fingerprint density at radius 1 is 1.52 bits per heavy atom. The molecule has 1 unspecified atom stereocenters. The van der Waals surface area contributed by atoms with E-state index in [1.165, 1.54) is 18.2 Å². The zero-order valence-electron chi connectivity index (χ0n) is 13.1. The second-order valence-corrected chi connectivity index (χ2v) is 6.37. The van der Waals surface area contributed by atoms with Gasteiger partial charge in [0, 0.05) is 16.8 Å². The highest BCUT2D eigenvalue weighted by Crippen LogP contribution is 2.29. The largest absolute Gasteiger partial charge is 0.394 e. The van der Waals surface area contributed by atoms with Crippen LogP contribution in [0.5, 0.6) is 0 Å². The van der Waals surface area contributed by atoms with Gasteiger partial charge in [0.25, 0.3) is 0 Å². The molecule has 3 atom stereocenters. The summed E-state index contributed by atoms with van der Waals surface area (Å²) in [7, 11) is 0. The van der Waals surface area contributed by atoms with Crippen LogP contribution in [0.2, 0.25) is 5.02 Å². The maximum Gasteiger partial charge on any atom is 0.325 e. The van der Waals surface area contributed by atoms with Gasteiger partial charge in [-0.1, -0.05) is 23.7 Å². The Morgan fingerprint density at radius 2 is 2.28 bits per heavy atom. The number of ether oxygens (including phenoxy) is 1. The molecule has 2 aliphatic heterocycles. The van der Waals surface area contributed by atoms with Crippen molar-refractivity contribution >= 4 is 23.4 Å². The molecule has 0 radical (unpaired) electrons. The fraction of sp³-hybridized carbons (Fsp3) is 0.375. The third kappa shape index (κ3) is 3.25. The monoisotopic (exact) mass is 369 g/mol. The number of Topliss-reactive ketones (excluding diaryl/α,β-unsaturated/α-hetero) is 1. The molecule has 1 saturated heterocycles. The van der Waals surface area contributed by atoms with Gasteiger partial charge in [-0.3, -0.25) is 15.4 Å². The molecule has 9 heteroatoms. The molecule has 1 aromatic rings. The van der Waals surface area contributed by atoms with Gasteiger partial charge in [0.1, 0.15) is 6.23 Å². The molecule has 7 nitrogen and oxygen atoms in total. The number of amides is 2. The van der Waals surface area contributed by atoms with E-state index in [0.29, 0.717) is 12.8 Å². The third-order valence-corrected chi connectivity index (χ3v) is 4.45. The van der Waals surface area contributed by atoms with Crippen LogP contribution in [0.3, 0.4) is 0 Å². The van der Waals surface area contributed by atoms with Crippen molar-refractivity contribution in [1.29, 1.82) is 0 Å². The van der Waals surface area contributed by atoms with Crippen LogP contribution in [0.25, 0.3) is 0 Å². The number of carbonyl (C=O) groups is 2. The van der Waals surface area contributed by atoms with E-state index < -0.39 is 35.6 Å². The van der Waals surface area contributed by atoms with Gasteiger partial charge >= 0.3 is 6.03 Å². The molecule has 2 amide bonds. The first kappa shape index (κ1) is 17.8. The molecule has 0 spiro atoms. The van der Waals surface area contributed by atoms with Crippen LogP contribution in [0.15, 0.2) is 36.3 Å². The Labute approximate surface area is 148 Å². The quantitative estimate of drug-likeness (QED) is 0.698. The molecule has 2 aliphatic rings. The van der Waals surface area contributed by atoms with Gasteiger partial charge in [-0.25, -0.2) is 9.18 Å². The van der Waals surface area contributed by atoms with Crippen LogP contribution in [0.4, 0.5) is 9.18 Å². The maximum atomic E-state index is 14.6. The third-order valence-electron chi connectivity index (χ3n) is 4.21. The van der Waals surface area contributed by atoms with Crippen molar-refractivity contribution in [3.05, 3.63) is 46.9 Å². The SMILES string of the molecule is NC1(C(=O)c2cccc(Cl)c2)NC(=O)N([C@H]2CC[C@@H](CO)O2)C=C1F. The molecule has 1 fully saturated rings. The lowest BCUT2D eigenvalue weighted by Gasteiger charge is -2.37. The Bertz CT molecular complexity index is 744. The summed E-state index contributed by atoms with van der Waals surface area (Å²) in [5.41, 5.74) is 3.62. The summed E-state index contributed by atoms with van der Waals surface area (Å²) in [5.74, 6) is -1.84. The van der Waals surface area contributed by atoms with Gasteiger partial charge < -0.3 is 15.2 Å². The number of carbonyl (C=O) groups excluding carboxylic acids is 2. The van der Waals surface area contributed by atoms with Crippen molar-refractivity contribution in [2.45, 2.75) is 30.8 Å². The van der Waals surface area contributed by atoms with Crippen molar-refractivity contribution in [2.24, 2.45) is 5.73 Å². The van der Waals surface area contributed by atoms with E-state index in [1.807, 2.05) is 0 Å². The molecule has 0 aliphatic carbocycles. The number of aliphatic hydroxyl groups excluding tert-OH is 1. The van der Waals surface area contributed by atoms with Gasteiger partial charge in [0.2, 0.25) is 11.4 Å². The number of hydrogen-bond donors (Lipinski definition) is 3. The minimum atomic E-state index is -2.31. The van der Waals surface area contributed by atoms with Crippen LogP contribution < -0.4 is 11.1 Å². The molecule has 1 aromatic carbocycles. The summed E-state index contributed by atoms with van der Waals surface area (Å²) in [6.45, 7) is -0.188. The molecule has 2 heterocycles. The van der Waals surface area contributed by atoms with Crippen molar-refractivity contribution in [1.82, 2.24) is 10.2 Å². The summed E-state index contributed by atoms with van der Waals surface area (Å²) in [5, 5.41) is 11.6. The van der Waals surface area contributed by atoms with Crippen molar-refractivity contribution in [3.8, 4) is 0 Å². The number of rotatable bonds is 4. The van der Waals surface area contributed by atoms with Gasteiger partial charge in [-0.05, 0) is 25.0 Å². The minimum absolute atomic E-state index is 0.0739. The number of urea groups is 1. The van der Waals surface area contributed by atoms with E-state index in [0.717, 1.165) is 11.1 Å². The standard InChI is InChI=1S/C16H17ClFN3O4/c17-10-3-1-2-9(6-10)14(23)16(19)12(18)7-21(15(24)20-16)13-5-4-11(8-22)25-13/h1-3,6-7,11,13,22H,4-5,8,19H2,(H,20,24)/t11-,13+,16?/m0/s1. The first-order chi connectivity index (χ1) is 11.8. The minimum Gasteiger partial charge on any atom is -0.394 e. The Kier molecular flexibility index (Phi) is 4.79. The molecule has 25 heavy (non-hydrogen) atoms. The molecule has 0 bridgehead atoms. The normalized spacial score (nSPS) is 29.4. The van der Waals surface area contributed by atoms with Crippen molar-refractivity contribution < 1.29 is 23.8 Å². The highest BCUT2D eigenvalue weighted by atomic mass is 35.5. The second kappa shape index (κ2) is 6.72. The maximum absolute atomic E-state index is 14.6. The van der Waals surface area contributed by atoms with Crippen LogP contribution in [-0.2, 0) is 4.74 Å². The molecular formula is C16H17ClFN3O4. The molecule has 134 valence electrons. The first-order valence-corrected chi connectivity index (χ1v) is 8.07. The van der Waals surface area contributed by atoms with E-state index in [-0.39, 0.29) is 17.2 Å². The van der Waals surface area contributed by atoms with E-state index in [9.17, 15) is 14.0 Å². The lowest BCUT2D eigenvalue weighted by atomic mass is 9.96. The van der Waals surface area contributed by atoms with Gasteiger partial charge in [-0.2, -0.15) is 0 Å². The Balaban J connectivity index is 1.86. The number of ketones is 1. The van der Waals surface area contributed by atoms with Gasteiger partial charge in [0.05, 0.1) is 12.7 Å². The molecular weight excluding hydrogens is 353 g/mol. The van der Waals surface area contributed by atoms with E-state index in [4.69, 9.17) is 27.2 Å². The average molecular weight is 370 g/mol. The van der Waals surface area contributed by atoms with E-state index in [1.54, 1.807) is 6.07 Å². The topological polar surface area (TPSA) is 105 Å². The van der Waals surface area contributed by atoms with E-state index >= 15 is 0 Å². The van der Waals surface area contributed by atoms with Crippen molar-refractivity contribution in [3.63, 3.8) is 0 Å². The van der Waals surface area contributed by atoms with E-state index in [2.05, 4.69) is 5.32 Å². The number of halogens is 2.